The van der Waals surface area contributed by atoms with Crippen molar-refractivity contribution in [3.8, 4) is 5.88 Å². The molecule has 7 nitrogen and oxygen atoms in total. The molecule has 0 N–H and O–H groups in total. The zero-order valence-electron chi connectivity index (χ0n) is 14.9. The minimum Gasteiger partial charge on any atom is -0.470 e. The van der Waals surface area contributed by atoms with Crippen molar-refractivity contribution in [3.63, 3.8) is 0 Å². The first-order chi connectivity index (χ1) is 13.1. The van der Waals surface area contributed by atoms with E-state index in [1.54, 1.807) is 28.8 Å². The molecule has 142 valence electrons. The van der Waals surface area contributed by atoms with Crippen LogP contribution in [0.4, 0.5) is 0 Å². The van der Waals surface area contributed by atoms with Gasteiger partial charge in [0, 0.05) is 32.0 Å². The average molecular weight is 386 g/mol. The quantitative estimate of drug-likeness (QED) is 0.793. The Labute approximate surface area is 159 Å². The molecular formula is C19H22N4O3S. The van der Waals surface area contributed by atoms with Crippen LogP contribution in [0.25, 0.3) is 0 Å². The second kappa shape index (κ2) is 6.54. The Kier molecular flexibility index (Phi) is 4.14. The molecule has 8 heteroatoms. The summed E-state index contributed by atoms with van der Waals surface area (Å²) in [4.78, 5) is 11.0. The van der Waals surface area contributed by atoms with Crippen molar-refractivity contribution in [1.82, 2.24) is 19.2 Å². The Balaban J connectivity index is 1.53. The number of fused-ring (bicyclic) bond motifs is 2. The normalized spacial score (nSPS) is 27.4. The summed E-state index contributed by atoms with van der Waals surface area (Å²) in [6, 6.07) is 8.54. The summed E-state index contributed by atoms with van der Waals surface area (Å²) in [5.41, 5.74) is 0.729. The van der Waals surface area contributed by atoms with Crippen LogP contribution in [0, 0.1) is 5.92 Å². The predicted molar refractivity (Wildman–Crippen MR) is 98.6 cm³/mol. The van der Waals surface area contributed by atoms with E-state index < -0.39 is 10.0 Å². The lowest BCUT2D eigenvalue weighted by molar-refractivity contribution is 0.143. The van der Waals surface area contributed by atoms with Crippen LogP contribution in [0.5, 0.6) is 5.88 Å². The van der Waals surface area contributed by atoms with Gasteiger partial charge in [0.1, 0.15) is 11.0 Å². The smallest absolute Gasteiger partial charge is 0.249 e. The molecule has 0 radical (unpaired) electrons. The Morgan fingerprint density at radius 1 is 1.07 bits per heavy atom. The SMILES string of the molecule is O=S1(=O)c2cccnc2O[C@H]2CN(CC3CC3)C[C@H]2N1Cc1ccccn1. The van der Waals surface area contributed by atoms with Crippen molar-refractivity contribution >= 4 is 10.0 Å². The van der Waals surface area contributed by atoms with Crippen molar-refractivity contribution in [2.75, 3.05) is 19.6 Å². The van der Waals surface area contributed by atoms with Crippen LogP contribution in [-0.4, -0.2) is 59.4 Å². The fraction of sp³-hybridized carbons (Fsp3) is 0.474. The number of nitrogens with zero attached hydrogens (tertiary/aromatic N) is 4. The molecule has 2 aromatic heterocycles. The minimum absolute atomic E-state index is 0.143. The molecule has 2 aliphatic heterocycles. The van der Waals surface area contributed by atoms with Gasteiger partial charge in [-0.1, -0.05) is 6.07 Å². The number of sulfonamides is 1. The molecule has 1 saturated carbocycles. The van der Waals surface area contributed by atoms with Gasteiger partial charge in [-0.25, -0.2) is 13.4 Å². The highest BCUT2D eigenvalue weighted by atomic mass is 32.2. The van der Waals surface area contributed by atoms with Gasteiger partial charge in [0.25, 0.3) is 0 Å². The van der Waals surface area contributed by atoms with E-state index in [2.05, 4.69) is 14.9 Å². The lowest BCUT2D eigenvalue weighted by Gasteiger charge is -2.27. The number of pyridine rings is 2. The van der Waals surface area contributed by atoms with Gasteiger partial charge in [-0.15, -0.1) is 0 Å². The number of hydrogen-bond donors (Lipinski definition) is 0. The highest BCUT2D eigenvalue weighted by molar-refractivity contribution is 7.89. The fourth-order valence-electron chi connectivity index (χ4n) is 4.00. The summed E-state index contributed by atoms with van der Waals surface area (Å²) in [7, 11) is -3.73. The fourth-order valence-corrected chi connectivity index (χ4v) is 5.69. The number of ether oxygens (including phenoxy) is 1. The van der Waals surface area contributed by atoms with Gasteiger partial charge in [-0.3, -0.25) is 9.88 Å². The van der Waals surface area contributed by atoms with E-state index in [0.29, 0.717) is 6.54 Å². The molecule has 2 aromatic rings. The van der Waals surface area contributed by atoms with Crippen molar-refractivity contribution < 1.29 is 13.2 Å². The molecule has 0 unspecified atom stereocenters. The van der Waals surface area contributed by atoms with Gasteiger partial charge in [0.05, 0.1) is 18.3 Å². The molecule has 2 atom stereocenters. The third-order valence-electron chi connectivity index (χ3n) is 5.53. The molecule has 0 amide bonds. The maximum Gasteiger partial charge on any atom is 0.249 e. The Morgan fingerprint density at radius 2 is 1.93 bits per heavy atom. The first kappa shape index (κ1) is 17.1. The van der Waals surface area contributed by atoms with Gasteiger partial charge in [-0.2, -0.15) is 4.31 Å². The lowest BCUT2D eigenvalue weighted by Crippen LogP contribution is -2.46. The maximum absolute atomic E-state index is 13.5. The van der Waals surface area contributed by atoms with Crippen LogP contribution >= 0.6 is 0 Å². The second-order valence-corrected chi connectivity index (χ2v) is 9.42. The van der Waals surface area contributed by atoms with E-state index >= 15 is 0 Å². The zero-order chi connectivity index (χ0) is 18.4. The molecule has 4 heterocycles. The van der Waals surface area contributed by atoms with Gasteiger partial charge >= 0.3 is 0 Å². The Bertz CT molecular complexity index is 933. The van der Waals surface area contributed by atoms with Crippen molar-refractivity contribution in [3.05, 3.63) is 48.4 Å². The van der Waals surface area contributed by atoms with Crippen LogP contribution in [0.1, 0.15) is 18.5 Å². The van der Waals surface area contributed by atoms with Crippen LogP contribution in [0.3, 0.4) is 0 Å². The van der Waals surface area contributed by atoms with E-state index in [4.69, 9.17) is 4.74 Å². The summed E-state index contributed by atoms with van der Waals surface area (Å²) in [6.07, 6.45) is 5.59. The summed E-state index contributed by atoms with van der Waals surface area (Å²) in [5.74, 6) is 0.961. The summed E-state index contributed by atoms with van der Waals surface area (Å²) >= 11 is 0. The van der Waals surface area contributed by atoms with Gasteiger partial charge in [0.15, 0.2) is 0 Å². The summed E-state index contributed by atoms with van der Waals surface area (Å²) in [6.45, 7) is 2.66. The van der Waals surface area contributed by atoms with E-state index in [1.165, 1.54) is 12.8 Å². The topological polar surface area (TPSA) is 75.6 Å². The van der Waals surface area contributed by atoms with Crippen molar-refractivity contribution in [1.29, 1.82) is 0 Å². The molecule has 0 bridgehead atoms. The maximum atomic E-state index is 13.5. The van der Waals surface area contributed by atoms with E-state index in [1.807, 2.05) is 18.2 Å². The van der Waals surface area contributed by atoms with Crippen LogP contribution in [0.2, 0.25) is 0 Å². The zero-order valence-corrected chi connectivity index (χ0v) is 15.8. The van der Waals surface area contributed by atoms with Gasteiger partial charge in [0.2, 0.25) is 15.9 Å². The van der Waals surface area contributed by atoms with Gasteiger partial charge < -0.3 is 4.74 Å². The number of rotatable bonds is 4. The van der Waals surface area contributed by atoms with Crippen LogP contribution < -0.4 is 4.74 Å². The molecule has 5 rings (SSSR count). The van der Waals surface area contributed by atoms with Crippen molar-refractivity contribution in [2.45, 2.75) is 36.4 Å². The van der Waals surface area contributed by atoms with E-state index in [-0.39, 0.29) is 29.5 Å². The number of hydrogen-bond acceptors (Lipinski definition) is 6. The minimum atomic E-state index is -3.73. The molecule has 0 aromatic carbocycles. The lowest BCUT2D eigenvalue weighted by atomic mass is 10.2. The Hall–Kier alpha value is -2.03. The van der Waals surface area contributed by atoms with E-state index in [0.717, 1.165) is 24.7 Å². The molecular weight excluding hydrogens is 364 g/mol. The van der Waals surface area contributed by atoms with E-state index in [9.17, 15) is 8.42 Å². The third-order valence-corrected chi connectivity index (χ3v) is 7.41. The molecule has 3 aliphatic rings. The summed E-state index contributed by atoms with van der Waals surface area (Å²) in [5, 5.41) is 0. The van der Waals surface area contributed by atoms with Crippen LogP contribution in [0.15, 0.2) is 47.6 Å². The molecule has 27 heavy (non-hydrogen) atoms. The molecule has 1 aliphatic carbocycles. The van der Waals surface area contributed by atoms with Gasteiger partial charge in [-0.05, 0) is 43.0 Å². The highest BCUT2D eigenvalue weighted by Crippen LogP contribution is 2.37. The third kappa shape index (κ3) is 3.22. The second-order valence-electron chi connectivity index (χ2n) is 7.56. The first-order valence-corrected chi connectivity index (χ1v) is 10.8. The Morgan fingerprint density at radius 3 is 2.70 bits per heavy atom. The predicted octanol–water partition coefficient (Wildman–Crippen LogP) is 1.52. The monoisotopic (exact) mass is 386 g/mol. The average Bonchev–Trinajstić information content (AvgIpc) is 3.41. The number of aromatic nitrogens is 2. The molecule has 0 spiro atoms. The highest BCUT2D eigenvalue weighted by Gasteiger charge is 2.48. The van der Waals surface area contributed by atoms with Crippen LogP contribution in [-0.2, 0) is 16.6 Å². The largest absolute Gasteiger partial charge is 0.470 e. The molecule has 1 saturated heterocycles. The number of likely N-dealkylation sites (tertiary alicyclic amines) is 1. The first-order valence-electron chi connectivity index (χ1n) is 9.37. The summed E-state index contributed by atoms with van der Waals surface area (Å²) < 4.78 is 34.6. The molecule has 2 fully saturated rings. The standard InChI is InChI=1S/C19H22N4O3S/c24-27(25)18-5-3-9-21-19(18)26-17-13-22(10-14-6-7-14)12-16(17)23(27)11-15-4-1-2-8-20-15/h1-5,8-9,14,16-17H,6-7,10-13H2/t16-,17+/m1/s1. The van der Waals surface area contributed by atoms with Crippen molar-refractivity contribution in [2.24, 2.45) is 5.92 Å².